The van der Waals surface area contributed by atoms with Gasteiger partial charge in [0.15, 0.2) is 9.92 Å². The molecule has 7 nitrogen and oxygen atoms in total. The summed E-state index contributed by atoms with van der Waals surface area (Å²) in [6.07, 6.45) is 6.05. The Balaban J connectivity index is 1.67. The van der Waals surface area contributed by atoms with Gasteiger partial charge < -0.3 is 10.4 Å². The molecule has 1 atom stereocenters. The molecule has 1 unspecified atom stereocenters. The van der Waals surface area contributed by atoms with E-state index in [1.807, 2.05) is 0 Å². The van der Waals surface area contributed by atoms with Crippen LogP contribution in [0, 0.1) is 6.92 Å². The summed E-state index contributed by atoms with van der Waals surface area (Å²) < 4.78 is 16.8. The van der Waals surface area contributed by atoms with Crippen molar-refractivity contribution in [2.24, 2.45) is 9.50 Å². The van der Waals surface area contributed by atoms with E-state index in [4.69, 9.17) is 5.14 Å². The fraction of sp³-hybridized carbons (Fsp3) is 0.500. The number of aliphatic hydroxyl groups is 1. The zero-order valence-electron chi connectivity index (χ0n) is 16.9. The lowest BCUT2D eigenvalue weighted by Gasteiger charge is -2.15. The number of fused-ring (bicyclic) bond motifs is 2. The highest BCUT2D eigenvalue weighted by molar-refractivity contribution is 7.93. The lowest BCUT2D eigenvalue weighted by atomic mass is 9.99. The average molecular weight is 435 g/mol. The number of aromatic nitrogens is 1. The molecule has 29 heavy (non-hydrogen) atoms. The number of carbonyl (C=O) groups is 1. The van der Waals surface area contributed by atoms with Crippen LogP contribution in [-0.2, 0) is 41.2 Å². The monoisotopic (exact) mass is 434 g/mol. The van der Waals surface area contributed by atoms with Crippen molar-refractivity contribution in [3.05, 3.63) is 38.9 Å². The summed E-state index contributed by atoms with van der Waals surface area (Å²) in [5.41, 5.74) is 4.97. The number of carbonyl (C=O) groups excluding carboxylic acids is 1. The first-order chi connectivity index (χ1) is 13.6. The van der Waals surface area contributed by atoms with E-state index in [1.165, 1.54) is 22.3 Å². The van der Waals surface area contributed by atoms with Gasteiger partial charge in [0.05, 0.1) is 5.69 Å². The number of thiazole rings is 1. The van der Waals surface area contributed by atoms with Crippen LogP contribution in [0.3, 0.4) is 0 Å². The molecule has 4 N–H and O–H groups in total. The third-order valence-electron chi connectivity index (χ3n) is 5.53. The molecule has 2 amide bonds. The van der Waals surface area contributed by atoms with Crippen molar-refractivity contribution in [1.82, 2.24) is 4.98 Å². The first-order valence-electron chi connectivity index (χ1n) is 9.79. The van der Waals surface area contributed by atoms with Gasteiger partial charge in [0.2, 0.25) is 4.34 Å². The predicted octanol–water partition coefficient (Wildman–Crippen LogP) is 3.59. The fourth-order valence-corrected chi connectivity index (χ4v) is 6.67. The van der Waals surface area contributed by atoms with Crippen LogP contribution >= 0.6 is 11.3 Å². The molecule has 2 aromatic rings. The minimum atomic E-state index is -3.51. The summed E-state index contributed by atoms with van der Waals surface area (Å²) in [5.74, 6) is 0. The van der Waals surface area contributed by atoms with Gasteiger partial charge >= 0.3 is 6.03 Å². The number of amides is 2. The van der Waals surface area contributed by atoms with Gasteiger partial charge in [-0.1, -0.05) is 6.07 Å². The maximum Gasteiger partial charge on any atom is 0.354 e. The van der Waals surface area contributed by atoms with Crippen LogP contribution in [-0.4, -0.2) is 20.3 Å². The molecule has 9 heteroatoms. The summed E-state index contributed by atoms with van der Waals surface area (Å²) in [6, 6.07) is 1.56. The number of benzene rings is 1. The molecule has 0 fully saturated rings. The van der Waals surface area contributed by atoms with Crippen LogP contribution < -0.4 is 10.5 Å². The van der Waals surface area contributed by atoms with Crippen LogP contribution in [0.4, 0.5) is 10.5 Å². The molecule has 0 saturated carbocycles. The number of hydrogen-bond donors (Lipinski definition) is 3. The average Bonchev–Trinajstić information content (AvgIpc) is 3.31. The Bertz CT molecular complexity index is 1090. The van der Waals surface area contributed by atoms with Crippen molar-refractivity contribution in [3.63, 3.8) is 0 Å². The summed E-state index contributed by atoms with van der Waals surface area (Å²) in [7, 11) is -3.51. The molecule has 2 aliphatic rings. The van der Waals surface area contributed by atoms with Crippen molar-refractivity contribution >= 4 is 33.0 Å². The maximum absolute atomic E-state index is 13.0. The first kappa shape index (κ1) is 20.5. The Labute approximate surface area is 175 Å². The minimum absolute atomic E-state index is 0.0470. The van der Waals surface area contributed by atoms with Crippen LogP contribution in [0.15, 0.2) is 14.8 Å². The molecule has 0 radical (unpaired) electrons. The molecule has 0 saturated heterocycles. The number of hydrogen-bond acceptors (Lipinski definition) is 5. The van der Waals surface area contributed by atoms with Crippen molar-refractivity contribution in [3.8, 4) is 0 Å². The molecule has 1 aromatic carbocycles. The number of nitrogens with one attached hydrogen (secondary N) is 1. The highest BCUT2D eigenvalue weighted by atomic mass is 32.2. The van der Waals surface area contributed by atoms with E-state index >= 15 is 0 Å². The summed E-state index contributed by atoms with van der Waals surface area (Å²) in [5, 5.41) is 19.0. The highest BCUT2D eigenvalue weighted by Gasteiger charge is 2.28. The summed E-state index contributed by atoms with van der Waals surface area (Å²) in [4.78, 5) is 17.6. The Hall–Kier alpha value is -1.81. The number of anilines is 1. The Morgan fingerprint density at radius 1 is 1.24 bits per heavy atom. The molecule has 0 spiro atoms. The van der Waals surface area contributed by atoms with Gasteiger partial charge in [-0.15, -0.1) is 15.7 Å². The summed E-state index contributed by atoms with van der Waals surface area (Å²) in [6.45, 7) is 4.95. The normalized spacial score (nSPS) is 17.6. The third kappa shape index (κ3) is 3.84. The molecule has 1 heterocycles. The second-order valence-corrected chi connectivity index (χ2v) is 11.4. The molecule has 0 aliphatic heterocycles. The fourth-order valence-electron chi connectivity index (χ4n) is 4.32. The molecule has 156 valence electrons. The van der Waals surface area contributed by atoms with Gasteiger partial charge in [-0.25, -0.2) is 19.1 Å². The van der Waals surface area contributed by atoms with Crippen LogP contribution in [0.25, 0.3) is 0 Å². The van der Waals surface area contributed by atoms with E-state index in [0.29, 0.717) is 10.6 Å². The predicted molar refractivity (Wildman–Crippen MR) is 115 cm³/mol. The maximum atomic E-state index is 13.0. The minimum Gasteiger partial charge on any atom is -0.384 e. The zero-order chi connectivity index (χ0) is 21.0. The van der Waals surface area contributed by atoms with Gasteiger partial charge in [-0.3, -0.25) is 0 Å². The quantitative estimate of drug-likeness (QED) is 0.684. The van der Waals surface area contributed by atoms with Crippen molar-refractivity contribution < 1.29 is 14.1 Å². The topological polar surface area (TPSA) is 118 Å². The largest absolute Gasteiger partial charge is 0.384 e. The van der Waals surface area contributed by atoms with Gasteiger partial charge in [0.1, 0.15) is 5.60 Å². The first-order valence-corrected chi connectivity index (χ1v) is 12.2. The van der Waals surface area contributed by atoms with E-state index in [1.54, 1.807) is 20.8 Å². The van der Waals surface area contributed by atoms with E-state index in [0.717, 1.165) is 55.5 Å². The van der Waals surface area contributed by atoms with Crippen LogP contribution in [0.5, 0.6) is 0 Å². The number of nitrogens with zero attached hydrogens (tertiary/aromatic N) is 2. The lowest BCUT2D eigenvalue weighted by Crippen LogP contribution is -2.20. The Kier molecular flexibility index (Phi) is 5.05. The van der Waals surface area contributed by atoms with Crippen LogP contribution in [0.1, 0.15) is 59.5 Å². The van der Waals surface area contributed by atoms with Crippen molar-refractivity contribution in [2.75, 3.05) is 5.32 Å². The van der Waals surface area contributed by atoms with Crippen LogP contribution in [0.2, 0.25) is 0 Å². The smallest absolute Gasteiger partial charge is 0.354 e. The molecule has 0 bridgehead atoms. The third-order valence-corrected chi connectivity index (χ3v) is 8.29. The Morgan fingerprint density at radius 2 is 1.83 bits per heavy atom. The van der Waals surface area contributed by atoms with Crippen molar-refractivity contribution in [2.45, 2.75) is 69.2 Å². The number of nitrogens with two attached hydrogens (primary N) is 1. The lowest BCUT2D eigenvalue weighted by molar-refractivity contribution is 0.0734. The van der Waals surface area contributed by atoms with Gasteiger partial charge in [0.25, 0.3) is 0 Å². The molecule has 1 aromatic heterocycles. The molecule has 2 aliphatic carbocycles. The SMILES string of the molecule is Cc1sc(S(N)(=O)=NC(=O)Nc2c3c(cc4c2CCC4)CCC3)nc1C(C)(C)O. The molecular weight excluding hydrogens is 408 g/mol. The number of urea groups is 1. The number of rotatable bonds is 3. The molecule has 4 rings (SSSR count). The zero-order valence-corrected chi connectivity index (χ0v) is 18.5. The Morgan fingerprint density at radius 3 is 2.34 bits per heavy atom. The van der Waals surface area contributed by atoms with E-state index in [-0.39, 0.29) is 4.34 Å². The van der Waals surface area contributed by atoms with E-state index in [2.05, 4.69) is 20.7 Å². The van der Waals surface area contributed by atoms with Crippen molar-refractivity contribution in [1.29, 1.82) is 0 Å². The van der Waals surface area contributed by atoms with Gasteiger partial charge in [0, 0.05) is 10.6 Å². The van der Waals surface area contributed by atoms with Gasteiger partial charge in [-0.2, -0.15) is 0 Å². The van der Waals surface area contributed by atoms with Gasteiger partial charge in [-0.05, 0) is 81.5 Å². The molecular formula is C20H26N4O3S2. The second-order valence-electron chi connectivity index (χ2n) is 8.27. The standard InChI is InChI=1S/C20H26N4O3S2/c1-11-17(20(2,3)26)23-19(28-11)29(21,27)24-18(25)22-16-14-8-4-6-12(14)10-13-7-5-9-15(13)16/h10,26H,4-9H2,1-3H3,(H3,21,22,24,25,27). The highest BCUT2D eigenvalue weighted by Crippen LogP contribution is 2.38. The van der Waals surface area contributed by atoms with E-state index in [9.17, 15) is 14.1 Å². The van der Waals surface area contributed by atoms with E-state index < -0.39 is 21.5 Å². The summed E-state index contributed by atoms with van der Waals surface area (Å²) >= 11 is 1.09. The number of aryl methyl sites for hydroxylation is 3. The second kappa shape index (κ2) is 7.16.